The molecule has 1 aromatic heterocycles. The van der Waals surface area contributed by atoms with Crippen LogP contribution >= 0.6 is 0 Å². The van der Waals surface area contributed by atoms with Crippen molar-refractivity contribution in [2.45, 2.75) is 6.92 Å². The lowest BCUT2D eigenvalue weighted by molar-refractivity contribution is 0.386. The quantitative estimate of drug-likeness (QED) is 0.799. The molecule has 0 saturated carbocycles. The van der Waals surface area contributed by atoms with Gasteiger partial charge < -0.3 is 4.74 Å². The summed E-state index contributed by atoms with van der Waals surface area (Å²) in [6.45, 7) is 2.01. The van der Waals surface area contributed by atoms with Crippen LogP contribution in [0.15, 0.2) is 42.5 Å². The highest BCUT2D eigenvalue weighted by Crippen LogP contribution is 2.25. The van der Waals surface area contributed by atoms with Crippen molar-refractivity contribution in [3.8, 4) is 28.5 Å². The highest BCUT2D eigenvalue weighted by Gasteiger charge is 2.10. The molecule has 1 N–H and O–H groups in total. The van der Waals surface area contributed by atoms with Crippen molar-refractivity contribution < 1.29 is 9.13 Å². The smallest absolute Gasteiger partial charge is 0.181 e. The first kappa shape index (κ1) is 13.3. The second-order valence-electron chi connectivity index (χ2n) is 4.73. The zero-order valence-electron chi connectivity index (χ0n) is 11.7. The molecule has 21 heavy (non-hydrogen) atoms. The van der Waals surface area contributed by atoms with E-state index in [-0.39, 0.29) is 5.75 Å². The number of aromatic nitrogens is 3. The van der Waals surface area contributed by atoms with Gasteiger partial charge in [-0.3, -0.25) is 5.10 Å². The van der Waals surface area contributed by atoms with Crippen molar-refractivity contribution in [2.75, 3.05) is 7.11 Å². The summed E-state index contributed by atoms with van der Waals surface area (Å²) >= 11 is 0. The molecule has 0 fully saturated rings. The number of rotatable bonds is 3. The Morgan fingerprint density at radius 2 is 1.95 bits per heavy atom. The van der Waals surface area contributed by atoms with Crippen LogP contribution in [0.4, 0.5) is 4.39 Å². The highest BCUT2D eigenvalue weighted by molar-refractivity contribution is 5.62. The normalized spacial score (nSPS) is 10.6. The highest BCUT2D eigenvalue weighted by atomic mass is 19.1. The van der Waals surface area contributed by atoms with E-state index in [0.717, 1.165) is 11.1 Å². The Balaban J connectivity index is 1.96. The molecular formula is C16H14FN3O. The maximum Gasteiger partial charge on any atom is 0.181 e. The van der Waals surface area contributed by atoms with Crippen molar-refractivity contribution in [3.63, 3.8) is 0 Å². The molecule has 0 saturated heterocycles. The number of methoxy groups -OCH3 is 1. The molecule has 0 atom stereocenters. The van der Waals surface area contributed by atoms with Gasteiger partial charge in [0.05, 0.1) is 7.11 Å². The van der Waals surface area contributed by atoms with E-state index >= 15 is 0 Å². The zero-order valence-corrected chi connectivity index (χ0v) is 11.7. The summed E-state index contributed by atoms with van der Waals surface area (Å²) in [5, 5.41) is 7.02. The van der Waals surface area contributed by atoms with Gasteiger partial charge in [0.15, 0.2) is 23.2 Å². The molecule has 4 nitrogen and oxygen atoms in total. The molecule has 1 heterocycles. The predicted molar refractivity (Wildman–Crippen MR) is 78.5 cm³/mol. The Labute approximate surface area is 121 Å². The third-order valence-electron chi connectivity index (χ3n) is 3.19. The monoisotopic (exact) mass is 283 g/mol. The number of benzene rings is 2. The fourth-order valence-electron chi connectivity index (χ4n) is 2.12. The van der Waals surface area contributed by atoms with E-state index in [1.165, 1.54) is 13.2 Å². The minimum Gasteiger partial charge on any atom is -0.494 e. The van der Waals surface area contributed by atoms with Crippen molar-refractivity contribution in [1.29, 1.82) is 0 Å². The van der Waals surface area contributed by atoms with Crippen molar-refractivity contribution in [2.24, 2.45) is 0 Å². The number of nitrogens with zero attached hydrogens (tertiary/aromatic N) is 2. The Hall–Kier alpha value is -2.69. The molecule has 0 bridgehead atoms. The van der Waals surface area contributed by atoms with Gasteiger partial charge in [0, 0.05) is 11.1 Å². The molecule has 2 aromatic carbocycles. The van der Waals surface area contributed by atoms with Crippen LogP contribution in [0.5, 0.6) is 5.75 Å². The SMILES string of the molecule is COc1ccc(-c2nc(-c3cccc(C)c3)n[nH]2)cc1F. The molecule has 0 aliphatic rings. The van der Waals surface area contributed by atoms with E-state index in [9.17, 15) is 4.39 Å². The summed E-state index contributed by atoms with van der Waals surface area (Å²) in [6.07, 6.45) is 0. The number of hydrogen-bond acceptors (Lipinski definition) is 3. The molecule has 0 amide bonds. The van der Waals surface area contributed by atoms with Gasteiger partial charge >= 0.3 is 0 Å². The van der Waals surface area contributed by atoms with Gasteiger partial charge in [0.25, 0.3) is 0 Å². The van der Waals surface area contributed by atoms with E-state index in [4.69, 9.17) is 4.74 Å². The number of halogens is 1. The molecule has 0 radical (unpaired) electrons. The third kappa shape index (κ3) is 2.63. The summed E-state index contributed by atoms with van der Waals surface area (Å²) < 4.78 is 18.6. The van der Waals surface area contributed by atoms with Crippen LogP contribution in [0.2, 0.25) is 0 Å². The largest absolute Gasteiger partial charge is 0.494 e. The molecule has 0 aliphatic heterocycles. The lowest BCUT2D eigenvalue weighted by Crippen LogP contribution is -1.89. The molecule has 106 valence electrons. The molecule has 0 aliphatic carbocycles. The summed E-state index contributed by atoms with van der Waals surface area (Å²) in [6, 6.07) is 12.6. The fraction of sp³-hybridized carbons (Fsp3) is 0.125. The average Bonchev–Trinajstić information content (AvgIpc) is 2.97. The van der Waals surface area contributed by atoms with Crippen LogP contribution in [-0.2, 0) is 0 Å². The van der Waals surface area contributed by atoms with Gasteiger partial charge in [-0.1, -0.05) is 23.8 Å². The van der Waals surface area contributed by atoms with Gasteiger partial charge in [-0.15, -0.1) is 0 Å². The van der Waals surface area contributed by atoms with Crippen LogP contribution in [0.25, 0.3) is 22.8 Å². The van der Waals surface area contributed by atoms with E-state index < -0.39 is 5.82 Å². The summed E-state index contributed by atoms with van der Waals surface area (Å²) in [5.74, 6) is 0.888. The number of ether oxygens (including phenoxy) is 1. The number of nitrogens with one attached hydrogen (secondary N) is 1. The zero-order chi connectivity index (χ0) is 14.8. The summed E-state index contributed by atoms with van der Waals surface area (Å²) in [4.78, 5) is 4.41. The first-order valence-electron chi connectivity index (χ1n) is 6.51. The maximum atomic E-state index is 13.7. The van der Waals surface area contributed by atoms with Crippen molar-refractivity contribution >= 4 is 0 Å². The molecule has 0 spiro atoms. The van der Waals surface area contributed by atoms with Crippen molar-refractivity contribution in [3.05, 3.63) is 53.8 Å². The van der Waals surface area contributed by atoms with Crippen LogP contribution in [0.3, 0.4) is 0 Å². The summed E-state index contributed by atoms with van der Waals surface area (Å²) in [7, 11) is 1.43. The van der Waals surface area contributed by atoms with E-state index in [1.807, 2.05) is 31.2 Å². The van der Waals surface area contributed by atoms with Gasteiger partial charge in [0.2, 0.25) is 0 Å². The van der Waals surface area contributed by atoms with Crippen molar-refractivity contribution in [1.82, 2.24) is 15.2 Å². The second kappa shape index (κ2) is 5.36. The number of aryl methyl sites for hydroxylation is 1. The van der Waals surface area contributed by atoms with Gasteiger partial charge in [-0.2, -0.15) is 5.10 Å². The Morgan fingerprint density at radius 3 is 2.67 bits per heavy atom. The van der Waals surface area contributed by atoms with Gasteiger partial charge in [-0.05, 0) is 31.2 Å². The standard InChI is InChI=1S/C16H14FN3O/c1-10-4-3-5-11(8-10)15-18-16(20-19-15)12-6-7-14(21-2)13(17)9-12/h3-9H,1-2H3,(H,18,19,20). The Bertz CT molecular complexity index is 783. The molecule has 3 rings (SSSR count). The molecule has 3 aromatic rings. The van der Waals surface area contributed by atoms with E-state index in [0.29, 0.717) is 17.2 Å². The van der Waals surface area contributed by atoms with E-state index in [1.54, 1.807) is 12.1 Å². The topological polar surface area (TPSA) is 50.8 Å². The van der Waals surface area contributed by atoms with Gasteiger partial charge in [0.1, 0.15) is 0 Å². The first-order valence-corrected chi connectivity index (χ1v) is 6.51. The second-order valence-corrected chi connectivity index (χ2v) is 4.73. The number of hydrogen-bond donors (Lipinski definition) is 1. The molecular weight excluding hydrogens is 269 g/mol. The molecule has 0 unspecified atom stereocenters. The summed E-state index contributed by atoms with van der Waals surface area (Å²) in [5.41, 5.74) is 2.68. The average molecular weight is 283 g/mol. The predicted octanol–water partition coefficient (Wildman–Crippen LogP) is 3.59. The van der Waals surface area contributed by atoms with Crippen LogP contribution in [-0.4, -0.2) is 22.3 Å². The molecule has 5 heteroatoms. The number of aromatic amines is 1. The first-order chi connectivity index (χ1) is 10.2. The van der Waals surface area contributed by atoms with Crippen LogP contribution in [0.1, 0.15) is 5.56 Å². The Kier molecular flexibility index (Phi) is 3.39. The lowest BCUT2D eigenvalue weighted by Gasteiger charge is -2.02. The fourth-order valence-corrected chi connectivity index (χ4v) is 2.12. The number of H-pyrrole nitrogens is 1. The Morgan fingerprint density at radius 1 is 1.10 bits per heavy atom. The maximum absolute atomic E-state index is 13.7. The van der Waals surface area contributed by atoms with Crippen LogP contribution < -0.4 is 4.74 Å². The van der Waals surface area contributed by atoms with E-state index in [2.05, 4.69) is 15.2 Å². The van der Waals surface area contributed by atoms with Gasteiger partial charge in [-0.25, -0.2) is 9.37 Å². The lowest BCUT2D eigenvalue weighted by atomic mass is 10.1. The minimum absolute atomic E-state index is 0.206. The minimum atomic E-state index is -0.427. The van der Waals surface area contributed by atoms with Crippen LogP contribution in [0, 0.1) is 12.7 Å². The third-order valence-corrected chi connectivity index (χ3v) is 3.19.